The molecule has 2 N–H and O–H groups in total. The van der Waals surface area contributed by atoms with E-state index in [4.69, 9.17) is 5.11 Å². The molecular weight excluding hydrogens is 310 g/mol. The van der Waals surface area contributed by atoms with Gasteiger partial charge in [-0.05, 0) is 43.5 Å². The number of nitrogens with one attached hydrogen (secondary N) is 1. The van der Waals surface area contributed by atoms with Crippen molar-refractivity contribution in [2.45, 2.75) is 39.2 Å². The molecule has 0 fully saturated rings. The summed E-state index contributed by atoms with van der Waals surface area (Å²) in [6.45, 7) is 5.17. The van der Waals surface area contributed by atoms with Crippen molar-refractivity contribution in [3.8, 4) is 0 Å². The molecule has 1 atom stereocenters. The number of carbonyl (C=O) groups is 2. The van der Waals surface area contributed by atoms with Crippen molar-refractivity contribution in [2.75, 3.05) is 0 Å². The molecule has 104 valence electrons. The summed E-state index contributed by atoms with van der Waals surface area (Å²) in [6.07, 6.45) is 0.523. The highest BCUT2D eigenvalue weighted by Crippen LogP contribution is 2.17. The van der Waals surface area contributed by atoms with Crippen molar-refractivity contribution in [3.63, 3.8) is 0 Å². The molecule has 0 aliphatic heterocycles. The van der Waals surface area contributed by atoms with Gasteiger partial charge in [-0.1, -0.05) is 28.9 Å². The number of aliphatic carboxylic acids is 1. The molecule has 0 aromatic heterocycles. The minimum Gasteiger partial charge on any atom is -0.480 e. The highest BCUT2D eigenvalue weighted by molar-refractivity contribution is 9.10. The predicted molar refractivity (Wildman–Crippen MR) is 77.1 cm³/mol. The van der Waals surface area contributed by atoms with Crippen LogP contribution in [0.2, 0.25) is 0 Å². The first-order valence-corrected chi connectivity index (χ1v) is 6.87. The molecule has 4 nitrogen and oxygen atoms in total. The SMILES string of the molecule is CCC(C)(NC(=O)Cc1ccc(Br)cc1C)C(=O)O. The number of carboxylic acids is 1. The zero-order valence-electron chi connectivity index (χ0n) is 11.3. The van der Waals surface area contributed by atoms with Crippen LogP contribution >= 0.6 is 15.9 Å². The van der Waals surface area contributed by atoms with Gasteiger partial charge < -0.3 is 10.4 Å². The van der Waals surface area contributed by atoms with Gasteiger partial charge in [-0.3, -0.25) is 4.79 Å². The van der Waals surface area contributed by atoms with Crippen molar-refractivity contribution in [1.82, 2.24) is 5.32 Å². The van der Waals surface area contributed by atoms with Gasteiger partial charge in [0.2, 0.25) is 5.91 Å². The van der Waals surface area contributed by atoms with Crippen LogP contribution in [-0.4, -0.2) is 22.5 Å². The number of carbonyl (C=O) groups excluding carboxylic acids is 1. The van der Waals surface area contributed by atoms with Gasteiger partial charge in [0.05, 0.1) is 6.42 Å². The Balaban J connectivity index is 2.78. The van der Waals surface area contributed by atoms with E-state index in [2.05, 4.69) is 21.2 Å². The average Bonchev–Trinajstić information content (AvgIpc) is 2.32. The number of hydrogen-bond acceptors (Lipinski definition) is 2. The number of amides is 1. The molecule has 1 amide bonds. The van der Waals surface area contributed by atoms with Gasteiger partial charge >= 0.3 is 5.97 Å². The van der Waals surface area contributed by atoms with Crippen LogP contribution in [0.5, 0.6) is 0 Å². The van der Waals surface area contributed by atoms with Crippen LogP contribution in [0.25, 0.3) is 0 Å². The third-order valence-electron chi connectivity index (χ3n) is 3.25. The molecule has 1 rings (SSSR count). The topological polar surface area (TPSA) is 66.4 Å². The maximum atomic E-state index is 11.9. The Kier molecular flexibility index (Phi) is 5.11. The molecule has 1 aromatic carbocycles. The van der Waals surface area contributed by atoms with Crippen LogP contribution in [0.3, 0.4) is 0 Å². The Labute approximate surface area is 121 Å². The summed E-state index contributed by atoms with van der Waals surface area (Å²) in [5, 5.41) is 11.7. The van der Waals surface area contributed by atoms with Gasteiger partial charge in [0.15, 0.2) is 0 Å². The molecule has 0 heterocycles. The second-order valence-corrected chi connectivity index (χ2v) is 5.70. The third kappa shape index (κ3) is 4.06. The third-order valence-corrected chi connectivity index (χ3v) is 3.74. The quantitative estimate of drug-likeness (QED) is 0.873. The molecular formula is C14H18BrNO3. The second-order valence-electron chi connectivity index (χ2n) is 4.79. The van der Waals surface area contributed by atoms with E-state index in [0.717, 1.165) is 15.6 Å². The lowest BCUT2D eigenvalue weighted by atomic mass is 9.98. The summed E-state index contributed by atoms with van der Waals surface area (Å²) < 4.78 is 0.957. The summed E-state index contributed by atoms with van der Waals surface area (Å²) in [5.74, 6) is -1.30. The molecule has 5 heteroatoms. The maximum absolute atomic E-state index is 11.9. The molecule has 0 spiro atoms. The summed E-state index contributed by atoms with van der Waals surface area (Å²) in [6, 6.07) is 5.66. The predicted octanol–water partition coefficient (Wildman–Crippen LogP) is 2.67. The van der Waals surface area contributed by atoms with E-state index < -0.39 is 11.5 Å². The van der Waals surface area contributed by atoms with Crippen LogP contribution in [0.15, 0.2) is 22.7 Å². The Morgan fingerprint density at radius 3 is 2.53 bits per heavy atom. The molecule has 0 aliphatic carbocycles. The van der Waals surface area contributed by atoms with Gasteiger partial charge in [0.1, 0.15) is 5.54 Å². The molecule has 0 radical (unpaired) electrons. The van der Waals surface area contributed by atoms with Gasteiger partial charge in [0, 0.05) is 4.47 Å². The lowest BCUT2D eigenvalue weighted by Gasteiger charge is -2.24. The summed E-state index contributed by atoms with van der Waals surface area (Å²) in [4.78, 5) is 23.1. The summed E-state index contributed by atoms with van der Waals surface area (Å²) >= 11 is 3.36. The van der Waals surface area contributed by atoms with Crippen LogP contribution in [0, 0.1) is 6.92 Å². The van der Waals surface area contributed by atoms with E-state index in [9.17, 15) is 9.59 Å². The monoisotopic (exact) mass is 327 g/mol. The van der Waals surface area contributed by atoms with Crippen LogP contribution < -0.4 is 5.32 Å². The fourth-order valence-electron chi connectivity index (χ4n) is 1.68. The number of halogens is 1. The van der Waals surface area contributed by atoms with Crippen molar-refractivity contribution in [3.05, 3.63) is 33.8 Å². The standard InChI is InChI=1S/C14H18BrNO3/c1-4-14(3,13(18)19)16-12(17)8-10-5-6-11(15)7-9(10)2/h5-7H,4,8H2,1-3H3,(H,16,17)(H,18,19). The van der Waals surface area contributed by atoms with Crippen molar-refractivity contribution >= 4 is 27.8 Å². The number of rotatable bonds is 5. The second kappa shape index (κ2) is 6.19. The molecule has 1 unspecified atom stereocenters. The largest absolute Gasteiger partial charge is 0.480 e. The zero-order valence-corrected chi connectivity index (χ0v) is 12.9. The van der Waals surface area contributed by atoms with Crippen LogP contribution in [-0.2, 0) is 16.0 Å². The van der Waals surface area contributed by atoms with Crippen LogP contribution in [0.1, 0.15) is 31.4 Å². The fourth-order valence-corrected chi connectivity index (χ4v) is 2.15. The van der Waals surface area contributed by atoms with Gasteiger partial charge in [-0.15, -0.1) is 0 Å². The van der Waals surface area contributed by atoms with Crippen LogP contribution in [0.4, 0.5) is 0 Å². The van der Waals surface area contributed by atoms with Gasteiger partial charge in [0.25, 0.3) is 0 Å². The average molecular weight is 328 g/mol. The van der Waals surface area contributed by atoms with Crippen molar-refractivity contribution < 1.29 is 14.7 Å². The number of aryl methyl sites for hydroxylation is 1. The number of benzene rings is 1. The van der Waals surface area contributed by atoms with Crippen molar-refractivity contribution in [2.24, 2.45) is 0 Å². The maximum Gasteiger partial charge on any atom is 0.329 e. The lowest BCUT2D eigenvalue weighted by Crippen LogP contribution is -2.52. The number of hydrogen-bond donors (Lipinski definition) is 2. The van der Waals surface area contributed by atoms with E-state index in [1.54, 1.807) is 6.92 Å². The molecule has 1 aromatic rings. The molecule has 0 saturated carbocycles. The lowest BCUT2D eigenvalue weighted by molar-refractivity contribution is -0.146. The Morgan fingerprint density at radius 1 is 1.42 bits per heavy atom. The Morgan fingerprint density at radius 2 is 2.05 bits per heavy atom. The molecule has 0 aliphatic rings. The first-order valence-electron chi connectivity index (χ1n) is 6.08. The highest BCUT2D eigenvalue weighted by atomic mass is 79.9. The fraction of sp³-hybridized carbons (Fsp3) is 0.429. The smallest absolute Gasteiger partial charge is 0.329 e. The molecule has 19 heavy (non-hydrogen) atoms. The summed E-state index contributed by atoms with van der Waals surface area (Å²) in [7, 11) is 0. The highest BCUT2D eigenvalue weighted by Gasteiger charge is 2.32. The Hall–Kier alpha value is -1.36. The van der Waals surface area contributed by atoms with E-state index >= 15 is 0 Å². The normalized spacial score (nSPS) is 13.7. The van der Waals surface area contributed by atoms with Gasteiger partial charge in [-0.25, -0.2) is 4.79 Å². The minimum absolute atomic E-state index is 0.183. The Bertz CT molecular complexity index is 501. The van der Waals surface area contributed by atoms with E-state index in [0.29, 0.717) is 6.42 Å². The van der Waals surface area contributed by atoms with Crippen molar-refractivity contribution in [1.29, 1.82) is 0 Å². The zero-order chi connectivity index (χ0) is 14.6. The number of carboxylic acid groups (broad SMARTS) is 1. The summed E-state index contributed by atoms with van der Waals surface area (Å²) in [5.41, 5.74) is 0.683. The van der Waals surface area contributed by atoms with E-state index in [1.165, 1.54) is 6.92 Å². The van der Waals surface area contributed by atoms with Gasteiger partial charge in [-0.2, -0.15) is 0 Å². The first kappa shape index (κ1) is 15.7. The van der Waals surface area contributed by atoms with E-state index in [-0.39, 0.29) is 12.3 Å². The molecule has 0 bridgehead atoms. The first-order chi connectivity index (χ1) is 8.78. The molecule has 0 saturated heterocycles. The van der Waals surface area contributed by atoms with E-state index in [1.807, 2.05) is 25.1 Å². The minimum atomic E-state index is -1.21.